The Morgan fingerprint density at radius 1 is 1.35 bits per heavy atom. The number of aromatic hydroxyl groups is 1. The molecule has 0 aliphatic heterocycles. The van der Waals surface area contributed by atoms with E-state index in [1.165, 1.54) is 18.5 Å². The van der Waals surface area contributed by atoms with Gasteiger partial charge in [0.15, 0.2) is 0 Å². The van der Waals surface area contributed by atoms with Gasteiger partial charge in [-0.25, -0.2) is 0 Å². The van der Waals surface area contributed by atoms with E-state index in [-0.39, 0.29) is 11.7 Å². The number of carbonyl (C=O) groups excluding carboxylic acids is 1. The number of benzene rings is 1. The quantitative estimate of drug-likeness (QED) is 0.816. The molecule has 0 saturated heterocycles. The van der Waals surface area contributed by atoms with Gasteiger partial charge in [-0.3, -0.25) is 9.78 Å². The monoisotopic (exact) mass is 272 g/mol. The van der Waals surface area contributed by atoms with Crippen LogP contribution in [0.4, 0.5) is 0 Å². The maximum atomic E-state index is 11.7. The minimum absolute atomic E-state index is 0.0336. The third kappa shape index (κ3) is 3.98. The first kappa shape index (κ1) is 13.9. The summed E-state index contributed by atoms with van der Waals surface area (Å²) in [6.45, 7) is 2.74. The number of aryl methyl sites for hydroxylation is 1. The van der Waals surface area contributed by atoms with Crippen LogP contribution in [0.3, 0.4) is 0 Å². The Morgan fingerprint density at radius 2 is 2.20 bits per heavy atom. The molecular weight excluding hydrogens is 256 g/mol. The summed E-state index contributed by atoms with van der Waals surface area (Å²) in [7, 11) is 0. The van der Waals surface area contributed by atoms with Crippen molar-refractivity contribution in [1.29, 1.82) is 0 Å². The van der Waals surface area contributed by atoms with E-state index in [2.05, 4.69) is 10.3 Å². The molecule has 0 radical (unpaired) electrons. The molecule has 0 spiro atoms. The zero-order chi connectivity index (χ0) is 14.4. The largest absolute Gasteiger partial charge is 0.506 e. The molecule has 0 fully saturated rings. The molecule has 2 rings (SSSR count). The molecule has 2 aromatic rings. The molecule has 1 aromatic carbocycles. The molecular formula is C15H16N2O3. The van der Waals surface area contributed by atoms with Crippen LogP contribution in [-0.2, 0) is 0 Å². The van der Waals surface area contributed by atoms with Crippen LogP contribution < -0.4 is 10.1 Å². The first-order valence-corrected chi connectivity index (χ1v) is 6.27. The molecule has 0 unspecified atom stereocenters. The molecule has 1 heterocycles. The van der Waals surface area contributed by atoms with E-state index in [1.807, 2.05) is 31.2 Å². The number of pyridine rings is 1. The van der Waals surface area contributed by atoms with Gasteiger partial charge in [-0.2, -0.15) is 0 Å². The Bertz CT molecular complexity index is 599. The van der Waals surface area contributed by atoms with Crippen LogP contribution in [0, 0.1) is 6.92 Å². The van der Waals surface area contributed by atoms with Crippen molar-refractivity contribution in [1.82, 2.24) is 10.3 Å². The summed E-state index contributed by atoms with van der Waals surface area (Å²) in [5, 5.41) is 11.9. The number of rotatable bonds is 5. The second-order valence-electron chi connectivity index (χ2n) is 4.35. The molecule has 1 aromatic heterocycles. The van der Waals surface area contributed by atoms with Gasteiger partial charge in [0, 0.05) is 6.20 Å². The van der Waals surface area contributed by atoms with E-state index in [0.717, 1.165) is 11.3 Å². The zero-order valence-electron chi connectivity index (χ0n) is 11.2. The minimum Gasteiger partial charge on any atom is -0.506 e. The number of carbonyl (C=O) groups is 1. The van der Waals surface area contributed by atoms with E-state index in [0.29, 0.717) is 18.7 Å². The van der Waals surface area contributed by atoms with Gasteiger partial charge in [-0.15, -0.1) is 0 Å². The Hall–Kier alpha value is -2.56. The normalized spacial score (nSPS) is 10.1. The summed E-state index contributed by atoms with van der Waals surface area (Å²) in [5.74, 6) is 0.452. The van der Waals surface area contributed by atoms with Gasteiger partial charge in [0.1, 0.15) is 18.1 Å². The summed E-state index contributed by atoms with van der Waals surface area (Å²) >= 11 is 0. The van der Waals surface area contributed by atoms with Crippen molar-refractivity contribution in [3.63, 3.8) is 0 Å². The maximum Gasteiger partial charge on any atom is 0.253 e. The number of hydrogen-bond acceptors (Lipinski definition) is 4. The molecule has 5 nitrogen and oxygen atoms in total. The van der Waals surface area contributed by atoms with Crippen LogP contribution in [0.2, 0.25) is 0 Å². The van der Waals surface area contributed by atoms with E-state index in [1.54, 1.807) is 0 Å². The van der Waals surface area contributed by atoms with Crippen molar-refractivity contribution in [3.8, 4) is 11.5 Å². The van der Waals surface area contributed by atoms with Gasteiger partial charge in [0.2, 0.25) is 0 Å². The second-order valence-corrected chi connectivity index (χ2v) is 4.35. The fraction of sp³-hybridized carbons (Fsp3) is 0.200. The SMILES string of the molecule is Cc1cccc(OCCNC(=O)c2cncc(O)c2)c1. The van der Waals surface area contributed by atoms with Crippen molar-refractivity contribution >= 4 is 5.91 Å². The van der Waals surface area contributed by atoms with E-state index in [9.17, 15) is 9.90 Å². The van der Waals surface area contributed by atoms with E-state index < -0.39 is 0 Å². The molecule has 1 amide bonds. The number of aromatic nitrogens is 1. The van der Waals surface area contributed by atoms with Crippen LogP contribution in [0.1, 0.15) is 15.9 Å². The second kappa shape index (κ2) is 6.56. The highest BCUT2D eigenvalue weighted by molar-refractivity contribution is 5.94. The Kier molecular flexibility index (Phi) is 4.55. The molecule has 0 atom stereocenters. The van der Waals surface area contributed by atoms with Crippen LogP contribution in [0.15, 0.2) is 42.7 Å². The molecule has 0 saturated carbocycles. The van der Waals surface area contributed by atoms with Gasteiger partial charge in [-0.1, -0.05) is 12.1 Å². The van der Waals surface area contributed by atoms with Crippen molar-refractivity contribution in [2.75, 3.05) is 13.2 Å². The lowest BCUT2D eigenvalue weighted by Gasteiger charge is -2.08. The Balaban J connectivity index is 1.77. The third-order valence-corrected chi connectivity index (χ3v) is 2.63. The zero-order valence-corrected chi connectivity index (χ0v) is 11.2. The molecule has 2 N–H and O–H groups in total. The topological polar surface area (TPSA) is 71.5 Å². The van der Waals surface area contributed by atoms with Crippen LogP contribution in [0.5, 0.6) is 11.5 Å². The highest BCUT2D eigenvalue weighted by Gasteiger charge is 2.05. The number of ether oxygens (including phenoxy) is 1. The number of hydrogen-bond donors (Lipinski definition) is 2. The van der Waals surface area contributed by atoms with E-state index >= 15 is 0 Å². The van der Waals surface area contributed by atoms with Crippen molar-refractivity contribution in [2.24, 2.45) is 0 Å². The number of nitrogens with zero attached hydrogens (tertiary/aromatic N) is 1. The summed E-state index contributed by atoms with van der Waals surface area (Å²) in [5.41, 5.74) is 1.44. The lowest BCUT2D eigenvalue weighted by Crippen LogP contribution is -2.28. The lowest BCUT2D eigenvalue weighted by atomic mass is 10.2. The maximum absolute atomic E-state index is 11.7. The molecule has 104 valence electrons. The highest BCUT2D eigenvalue weighted by atomic mass is 16.5. The predicted octanol–water partition coefficient (Wildman–Crippen LogP) is 1.90. The summed E-state index contributed by atoms with van der Waals surface area (Å²) < 4.78 is 5.52. The summed E-state index contributed by atoms with van der Waals surface area (Å²) in [4.78, 5) is 15.5. The predicted molar refractivity (Wildman–Crippen MR) is 74.9 cm³/mol. The van der Waals surface area contributed by atoms with Gasteiger partial charge in [0.25, 0.3) is 5.91 Å². The Labute approximate surface area is 117 Å². The highest BCUT2D eigenvalue weighted by Crippen LogP contribution is 2.12. The minimum atomic E-state index is -0.291. The molecule has 0 aliphatic carbocycles. The number of nitrogens with one attached hydrogen (secondary N) is 1. The third-order valence-electron chi connectivity index (χ3n) is 2.63. The summed E-state index contributed by atoms with van der Waals surface area (Å²) in [6, 6.07) is 9.07. The van der Waals surface area contributed by atoms with Crippen LogP contribution in [-0.4, -0.2) is 29.1 Å². The van der Waals surface area contributed by atoms with Gasteiger partial charge in [0.05, 0.1) is 18.3 Å². The lowest BCUT2D eigenvalue weighted by molar-refractivity contribution is 0.0946. The van der Waals surface area contributed by atoms with E-state index in [4.69, 9.17) is 4.74 Å². The van der Waals surface area contributed by atoms with Gasteiger partial charge < -0.3 is 15.2 Å². The average molecular weight is 272 g/mol. The molecule has 0 bridgehead atoms. The molecule has 0 aliphatic rings. The molecule has 5 heteroatoms. The fourth-order valence-corrected chi connectivity index (χ4v) is 1.69. The first-order valence-electron chi connectivity index (χ1n) is 6.27. The molecule has 20 heavy (non-hydrogen) atoms. The first-order chi connectivity index (χ1) is 9.65. The summed E-state index contributed by atoms with van der Waals surface area (Å²) in [6.07, 6.45) is 2.67. The average Bonchev–Trinajstić information content (AvgIpc) is 2.43. The smallest absolute Gasteiger partial charge is 0.253 e. The van der Waals surface area contributed by atoms with Gasteiger partial charge in [-0.05, 0) is 30.7 Å². The number of amides is 1. The van der Waals surface area contributed by atoms with Crippen molar-refractivity contribution < 1.29 is 14.6 Å². The van der Waals surface area contributed by atoms with Crippen molar-refractivity contribution in [3.05, 3.63) is 53.9 Å². The van der Waals surface area contributed by atoms with Crippen LogP contribution >= 0.6 is 0 Å². The van der Waals surface area contributed by atoms with Gasteiger partial charge >= 0.3 is 0 Å². The van der Waals surface area contributed by atoms with Crippen molar-refractivity contribution in [2.45, 2.75) is 6.92 Å². The fourth-order valence-electron chi connectivity index (χ4n) is 1.69. The Morgan fingerprint density at radius 3 is 2.95 bits per heavy atom. The van der Waals surface area contributed by atoms with Crippen LogP contribution in [0.25, 0.3) is 0 Å². The standard InChI is InChI=1S/C15H16N2O3/c1-11-3-2-4-14(7-11)20-6-5-17-15(19)12-8-13(18)10-16-9-12/h2-4,7-10,18H,5-6H2,1H3,(H,17,19).